The summed E-state index contributed by atoms with van der Waals surface area (Å²) in [5.41, 5.74) is 2.85. The van der Waals surface area contributed by atoms with E-state index >= 15 is 0 Å². The van der Waals surface area contributed by atoms with Crippen LogP contribution in [0.5, 0.6) is 5.75 Å². The van der Waals surface area contributed by atoms with E-state index in [1.165, 1.54) is 11.8 Å². The van der Waals surface area contributed by atoms with Crippen LogP contribution in [0, 0.1) is 6.92 Å². The van der Waals surface area contributed by atoms with Crippen molar-refractivity contribution >= 4 is 23.4 Å². The van der Waals surface area contributed by atoms with E-state index in [-0.39, 0.29) is 5.91 Å². The van der Waals surface area contributed by atoms with Crippen molar-refractivity contribution in [2.24, 2.45) is 0 Å². The van der Waals surface area contributed by atoms with Crippen LogP contribution in [0.1, 0.15) is 5.56 Å². The number of methoxy groups -OCH3 is 1. The first kappa shape index (κ1) is 17.1. The highest BCUT2D eigenvalue weighted by molar-refractivity contribution is 7.99. The highest BCUT2D eigenvalue weighted by Gasteiger charge is 2.10. The first-order chi connectivity index (χ1) is 12.2. The number of carbonyl (C=O) groups is 1. The first-order valence-electron chi connectivity index (χ1n) is 7.83. The summed E-state index contributed by atoms with van der Waals surface area (Å²) in [6.45, 7) is 1.97. The molecule has 6 heteroatoms. The highest BCUT2D eigenvalue weighted by Crippen LogP contribution is 2.22. The Bertz CT molecular complexity index is 859. The van der Waals surface area contributed by atoms with Gasteiger partial charge in [0.25, 0.3) is 0 Å². The lowest BCUT2D eigenvalue weighted by Gasteiger charge is -2.09. The van der Waals surface area contributed by atoms with Gasteiger partial charge >= 0.3 is 0 Å². The summed E-state index contributed by atoms with van der Waals surface area (Å²) in [6.07, 6.45) is 3.61. The van der Waals surface area contributed by atoms with Crippen LogP contribution < -0.4 is 10.1 Å². The second-order valence-electron chi connectivity index (χ2n) is 5.43. The summed E-state index contributed by atoms with van der Waals surface area (Å²) in [5.74, 6) is 1.04. The lowest BCUT2D eigenvalue weighted by molar-refractivity contribution is -0.113. The molecule has 0 aliphatic heterocycles. The smallest absolute Gasteiger partial charge is 0.234 e. The summed E-state index contributed by atoms with van der Waals surface area (Å²) in [7, 11) is 1.64. The number of aromatic nitrogens is 2. The summed E-state index contributed by atoms with van der Waals surface area (Å²) in [4.78, 5) is 16.6. The predicted molar refractivity (Wildman–Crippen MR) is 101 cm³/mol. The number of thioether (sulfide) groups is 1. The van der Waals surface area contributed by atoms with Gasteiger partial charge in [-0.1, -0.05) is 30.0 Å². The van der Waals surface area contributed by atoms with Crippen LogP contribution in [0.25, 0.3) is 5.69 Å². The zero-order valence-electron chi connectivity index (χ0n) is 14.1. The molecule has 3 rings (SSSR count). The summed E-state index contributed by atoms with van der Waals surface area (Å²) >= 11 is 1.40. The van der Waals surface area contributed by atoms with Gasteiger partial charge in [-0.15, -0.1) is 0 Å². The lowest BCUT2D eigenvalue weighted by atomic mass is 10.2. The fourth-order valence-electron chi connectivity index (χ4n) is 2.37. The molecule has 0 unspecified atom stereocenters. The van der Waals surface area contributed by atoms with E-state index in [2.05, 4.69) is 10.3 Å². The van der Waals surface area contributed by atoms with Gasteiger partial charge in [-0.05, 0) is 42.8 Å². The molecule has 3 aromatic rings. The Morgan fingerprint density at radius 1 is 1.20 bits per heavy atom. The van der Waals surface area contributed by atoms with Gasteiger partial charge in [-0.2, -0.15) is 0 Å². The molecule has 0 aliphatic rings. The van der Waals surface area contributed by atoms with Crippen molar-refractivity contribution in [3.63, 3.8) is 0 Å². The van der Waals surface area contributed by atoms with Crippen molar-refractivity contribution < 1.29 is 9.53 Å². The second kappa shape index (κ2) is 7.90. The third-order valence-electron chi connectivity index (χ3n) is 3.71. The van der Waals surface area contributed by atoms with Crippen molar-refractivity contribution in [2.75, 3.05) is 18.2 Å². The van der Waals surface area contributed by atoms with Crippen LogP contribution in [0.4, 0.5) is 5.69 Å². The molecule has 128 valence electrons. The van der Waals surface area contributed by atoms with Crippen LogP contribution >= 0.6 is 11.8 Å². The van der Waals surface area contributed by atoms with E-state index in [1.807, 2.05) is 66.2 Å². The maximum absolute atomic E-state index is 12.2. The van der Waals surface area contributed by atoms with Crippen LogP contribution in [-0.4, -0.2) is 28.3 Å². The Balaban J connectivity index is 1.65. The molecule has 0 aliphatic carbocycles. The Hall–Kier alpha value is -2.73. The molecule has 1 amide bonds. The van der Waals surface area contributed by atoms with Crippen molar-refractivity contribution in [3.8, 4) is 11.4 Å². The quantitative estimate of drug-likeness (QED) is 0.683. The Kier molecular flexibility index (Phi) is 5.40. The number of nitrogens with one attached hydrogen (secondary N) is 1. The number of ether oxygens (including phenoxy) is 1. The fraction of sp³-hybridized carbons (Fsp3) is 0.158. The SMILES string of the molecule is COc1ccc(-n2ccnc2SCC(=O)Nc2ccccc2C)cc1. The fourth-order valence-corrected chi connectivity index (χ4v) is 3.14. The number of nitrogens with zero attached hydrogens (tertiary/aromatic N) is 2. The molecule has 25 heavy (non-hydrogen) atoms. The molecule has 0 radical (unpaired) electrons. The summed E-state index contributed by atoms with van der Waals surface area (Å²) in [5, 5.41) is 3.70. The predicted octanol–water partition coefficient (Wildman–Crippen LogP) is 3.92. The number of amides is 1. The first-order valence-corrected chi connectivity index (χ1v) is 8.82. The monoisotopic (exact) mass is 353 g/mol. The van der Waals surface area contributed by atoms with Gasteiger partial charge in [0.05, 0.1) is 12.9 Å². The number of para-hydroxylation sites is 1. The molecule has 0 saturated carbocycles. The van der Waals surface area contributed by atoms with E-state index in [4.69, 9.17) is 4.74 Å². The van der Waals surface area contributed by atoms with Gasteiger partial charge in [0.1, 0.15) is 5.75 Å². The number of anilines is 1. The largest absolute Gasteiger partial charge is 0.497 e. The molecule has 0 fully saturated rings. The number of carbonyl (C=O) groups excluding carboxylic acids is 1. The minimum absolute atomic E-state index is 0.0522. The Labute approximate surface area is 151 Å². The van der Waals surface area contributed by atoms with E-state index in [1.54, 1.807) is 13.3 Å². The molecule has 0 saturated heterocycles. The van der Waals surface area contributed by atoms with Crippen LogP contribution in [0.3, 0.4) is 0 Å². The molecule has 0 spiro atoms. The van der Waals surface area contributed by atoms with E-state index in [0.29, 0.717) is 5.75 Å². The van der Waals surface area contributed by atoms with Gasteiger partial charge in [0.15, 0.2) is 5.16 Å². The Morgan fingerprint density at radius 2 is 1.96 bits per heavy atom. The number of hydrogen-bond donors (Lipinski definition) is 1. The second-order valence-corrected chi connectivity index (χ2v) is 6.37. The standard InChI is InChI=1S/C19H19N3O2S/c1-14-5-3-4-6-17(14)21-18(23)13-25-19-20-11-12-22(19)15-7-9-16(24-2)10-8-15/h3-12H,13H2,1-2H3,(H,21,23). The van der Waals surface area contributed by atoms with E-state index < -0.39 is 0 Å². The van der Waals surface area contributed by atoms with Crippen LogP contribution in [0.2, 0.25) is 0 Å². The van der Waals surface area contributed by atoms with Gasteiger partial charge in [0, 0.05) is 23.8 Å². The maximum atomic E-state index is 12.2. The van der Waals surface area contributed by atoms with Crippen LogP contribution in [0.15, 0.2) is 66.1 Å². The van der Waals surface area contributed by atoms with Crippen molar-refractivity contribution in [2.45, 2.75) is 12.1 Å². The van der Waals surface area contributed by atoms with Gasteiger partial charge in [-0.25, -0.2) is 4.98 Å². The summed E-state index contributed by atoms with van der Waals surface area (Å²) in [6, 6.07) is 15.4. The maximum Gasteiger partial charge on any atom is 0.234 e. The normalized spacial score (nSPS) is 10.5. The molecule has 2 aromatic carbocycles. The number of aryl methyl sites for hydroxylation is 1. The van der Waals surface area contributed by atoms with Crippen LogP contribution in [-0.2, 0) is 4.79 Å². The van der Waals surface area contributed by atoms with Crippen molar-refractivity contribution in [1.82, 2.24) is 9.55 Å². The average Bonchev–Trinajstić information content (AvgIpc) is 3.10. The number of benzene rings is 2. The topological polar surface area (TPSA) is 56.2 Å². The molecule has 0 bridgehead atoms. The molecule has 0 atom stereocenters. The Morgan fingerprint density at radius 3 is 2.68 bits per heavy atom. The number of hydrogen-bond acceptors (Lipinski definition) is 4. The minimum Gasteiger partial charge on any atom is -0.497 e. The molecule has 1 N–H and O–H groups in total. The van der Waals surface area contributed by atoms with Gasteiger partial charge in [0.2, 0.25) is 5.91 Å². The van der Waals surface area contributed by atoms with Gasteiger partial charge < -0.3 is 10.1 Å². The number of imidazole rings is 1. The molecule has 5 nitrogen and oxygen atoms in total. The van der Waals surface area contributed by atoms with E-state index in [0.717, 1.165) is 27.8 Å². The van der Waals surface area contributed by atoms with Gasteiger partial charge in [-0.3, -0.25) is 9.36 Å². The zero-order valence-corrected chi connectivity index (χ0v) is 14.9. The molecular weight excluding hydrogens is 334 g/mol. The molecular formula is C19H19N3O2S. The zero-order chi connectivity index (χ0) is 17.6. The third kappa shape index (κ3) is 4.22. The highest BCUT2D eigenvalue weighted by atomic mass is 32.2. The minimum atomic E-state index is -0.0522. The summed E-state index contributed by atoms with van der Waals surface area (Å²) < 4.78 is 7.13. The third-order valence-corrected chi connectivity index (χ3v) is 4.68. The number of rotatable bonds is 6. The lowest BCUT2D eigenvalue weighted by Crippen LogP contribution is -2.15. The van der Waals surface area contributed by atoms with Crippen molar-refractivity contribution in [1.29, 1.82) is 0 Å². The molecule has 1 heterocycles. The average molecular weight is 353 g/mol. The molecule has 1 aromatic heterocycles. The van der Waals surface area contributed by atoms with E-state index in [9.17, 15) is 4.79 Å². The van der Waals surface area contributed by atoms with Crippen molar-refractivity contribution in [3.05, 3.63) is 66.5 Å².